The van der Waals surface area contributed by atoms with Crippen LogP contribution in [0.3, 0.4) is 0 Å². The largest absolute Gasteiger partial charge is 0.508 e. The van der Waals surface area contributed by atoms with Gasteiger partial charge in [-0.05, 0) is 79.4 Å². The lowest BCUT2D eigenvalue weighted by Gasteiger charge is -2.34. The first-order chi connectivity index (χ1) is 16.5. The highest BCUT2D eigenvalue weighted by Crippen LogP contribution is 2.54. The monoisotopic (exact) mass is 477 g/mol. The minimum atomic E-state index is -0.217. The van der Waals surface area contributed by atoms with Crippen molar-refractivity contribution in [3.63, 3.8) is 0 Å². The predicted molar refractivity (Wildman–Crippen MR) is 135 cm³/mol. The second-order valence-corrected chi connectivity index (χ2v) is 10.6. The molecular formula is C28H31NO4S. The van der Waals surface area contributed by atoms with E-state index in [0.717, 1.165) is 46.5 Å². The van der Waals surface area contributed by atoms with Crippen LogP contribution in [-0.4, -0.2) is 40.9 Å². The van der Waals surface area contributed by atoms with Crippen LogP contribution >= 0.6 is 11.8 Å². The van der Waals surface area contributed by atoms with Crippen LogP contribution in [0.4, 0.5) is 0 Å². The Bertz CT molecular complexity index is 1120. The number of hydrogen-bond donors (Lipinski definition) is 2. The van der Waals surface area contributed by atoms with E-state index in [2.05, 4.69) is 30.9 Å². The van der Waals surface area contributed by atoms with Crippen molar-refractivity contribution in [2.45, 2.75) is 42.6 Å². The summed E-state index contributed by atoms with van der Waals surface area (Å²) in [5.41, 5.74) is 2.11. The van der Waals surface area contributed by atoms with E-state index in [1.807, 2.05) is 30.3 Å². The Hall–Kier alpha value is -2.83. The third-order valence-electron chi connectivity index (χ3n) is 6.71. The first-order valence-electron chi connectivity index (χ1n) is 11.9. The van der Waals surface area contributed by atoms with Gasteiger partial charge in [0.25, 0.3) is 0 Å². The number of hydrogen-bond acceptors (Lipinski definition) is 6. The highest BCUT2D eigenvalue weighted by molar-refractivity contribution is 7.99. The van der Waals surface area contributed by atoms with Crippen molar-refractivity contribution in [3.8, 4) is 23.0 Å². The van der Waals surface area contributed by atoms with E-state index < -0.39 is 0 Å². The van der Waals surface area contributed by atoms with Gasteiger partial charge >= 0.3 is 0 Å². The molecule has 0 amide bonds. The van der Waals surface area contributed by atoms with Gasteiger partial charge in [-0.3, -0.25) is 4.90 Å². The molecule has 34 heavy (non-hydrogen) atoms. The average Bonchev–Trinajstić information content (AvgIpc) is 3.29. The molecule has 5 nitrogen and oxygen atoms in total. The predicted octanol–water partition coefficient (Wildman–Crippen LogP) is 6.17. The molecule has 0 unspecified atom stereocenters. The molecule has 3 aromatic carbocycles. The van der Waals surface area contributed by atoms with Gasteiger partial charge in [0.1, 0.15) is 35.7 Å². The third-order valence-corrected chi connectivity index (χ3v) is 8.06. The number of ether oxygens (including phenoxy) is 2. The normalized spacial score (nSPS) is 23.2. The summed E-state index contributed by atoms with van der Waals surface area (Å²) in [6.07, 6.45) is 1.05. The molecule has 2 aliphatic heterocycles. The summed E-state index contributed by atoms with van der Waals surface area (Å²) in [4.78, 5) is 3.41. The molecule has 6 heteroatoms. The van der Waals surface area contributed by atoms with E-state index in [1.54, 1.807) is 36.0 Å². The number of phenols is 2. The summed E-state index contributed by atoms with van der Waals surface area (Å²) in [5.74, 6) is 2.84. The van der Waals surface area contributed by atoms with Gasteiger partial charge < -0.3 is 19.7 Å². The molecule has 0 bridgehead atoms. The fourth-order valence-electron chi connectivity index (χ4n) is 4.68. The number of rotatable bonds is 6. The second-order valence-electron chi connectivity index (χ2n) is 9.42. The number of aromatic hydroxyl groups is 2. The van der Waals surface area contributed by atoms with Crippen molar-refractivity contribution in [2.75, 3.05) is 19.7 Å². The zero-order valence-electron chi connectivity index (χ0n) is 19.6. The van der Waals surface area contributed by atoms with E-state index in [0.29, 0.717) is 12.6 Å². The molecule has 1 fully saturated rings. The molecule has 178 valence electrons. The Labute approximate surface area is 205 Å². The van der Waals surface area contributed by atoms with E-state index in [1.165, 1.54) is 6.42 Å². The van der Waals surface area contributed by atoms with Gasteiger partial charge in [-0.2, -0.15) is 0 Å². The molecule has 4 atom stereocenters. The van der Waals surface area contributed by atoms with Gasteiger partial charge in [-0.25, -0.2) is 0 Å². The lowest BCUT2D eigenvalue weighted by Crippen LogP contribution is -2.35. The number of nitrogens with zero attached hydrogens (tertiary/aromatic N) is 1. The van der Waals surface area contributed by atoms with Gasteiger partial charge in [0, 0.05) is 12.6 Å². The summed E-state index contributed by atoms with van der Waals surface area (Å²) < 4.78 is 12.6. The number of likely N-dealkylation sites (tertiary alicyclic amines) is 1. The van der Waals surface area contributed by atoms with Crippen LogP contribution in [0.15, 0.2) is 71.6 Å². The molecule has 2 heterocycles. The molecule has 0 aromatic heterocycles. The van der Waals surface area contributed by atoms with Crippen molar-refractivity contribution < 1.29 is 19.7 Å². The van der Waals surface area contributed by atoms with Crippen LogP contribution < -0.4 is 9.47 Å². The van der Waals surface area contributed by atoms with Crippen LogP contribution in [0.2, 0.25) is 0 Å². The summed E-state index contributed by atoms with van der Waals surface area (Å²) >= 11 is 1.66. The zero-order chi connectivity index (χ0) is 23.7. The second kappa shape index (κ2) is 9.80. The maximum atomic E-state index is 9.95. The quantitative estimate of drug-likeness (QED) is 0.442. The maximum Gasteiger partial charge on any atom is 0.140 e. The van der Waals surface area contributed by atoms with Gasteiger partial charge in [-0.1, -0.05) is 31.2 Å². The van der Waals surface area contributed by atoms with Gasteiger partial charge in [0.2, 0.25) is 0 Å². The van der Waals surface area contributed by atoms with Crippen molar-refractivity contribution in [2.24, 2.45) is 5.92 Å². The molecule has 5 rings (SSSR count). The van der Waals surface area contributed by atoms with E-state index >= 15 is 0 Å². The minimum absolute atomic E-state index is 0.0288. The first kappa shape index (κ1) is 22.9. The smallest absolute Gasteiger partial charge is 0.140 e. The molecule has 3 aromatic rings. The molecule has 1 saturated heterocycles. The molecular weight excluding hydrogens is 446 g/mol. The Kier molecular flexibility index (Phi) is 6.61. The van der Waals surface area contributed by atoms with Crippen molar-refractivity contribution in [1.82, 2.24) is 4.90 Å². The Morgan fingerprint density at radius 1 is 1.00 bits per heavy atom. The Morgan fingerprint density at radius 3 is 2.41 bits per heavy atom. The molecule has 0 aliphatic carbocycles. The van der Waals surface area contributed by atoms with Crippen LogP contribution in [0.1, 0.15) is 42.7 Å². The van der Waals surface area contributed by atoms with Crippen molar-refractivity contribution in [1.29, 1.82) is 0 Å². The first-order valence-corrected chi connectivity index (χ1v) is 12.8. The standard InChI is InChI=1S/C28H31NO4S/c1-18-13-14-29(16-18)19(2)17-32-24-10-5-20(6-11-24)27-28(21-3-7-22(30)8-4-21)34-26-15-23(31)9-12-25(26)33-27/h3-12,15,18-19,27-28,30-31H,13-14,16-17H2,1-2H3/t18-,19+,27-,28+/m0/s1. The summed E-state index contributed by atoms with van der Waals surface area (Å²) in [6, 6.07) is 21.0. The van der Waals surface area contributed by atoms with Crippen molar-refractivity contribution in [3.05, 3.63) is 77.9 Å². The number of thioether (sulfide) groups is 1. The number of phenolic OH excluding ortho intramolecular Hbond substituents is 2. The van der Waals surface area contributed by atoms with Crippen LogP contribution in [0.25, 0.3) is 0 Å². The van der Waals surface area contributed by atoms with Gasteiger partial charge in [0.05, 0.1) is 10.1 Å². The zero-order valence-corrected chi connectivity index (χ0v) is 20.4. The average molecular weight is 478 g/mol. The van der Waals surface area contributed by atoms with Crippen LogP contribution in [0, 0.1) is 5.92 Å². The minimum Gasteiger partial charge on any atom is -0.508 e. The van der Waals surface area contributed by atoms with Crippen LogP contribution in [0.5, 0.6) is 23.0 Å². The van der Waals surface area contributed by atoms with Gasteiger partial charge in [0.15, 0.2) is 0 Å². The molecule has 2 aliphatic rings. The Balaban J connectivity index is 1.33. The SMILES string of the molecule is C[C@H]1CCN([C@H](C)COc2ccc([C@@H]3Oc4ccc(O)cc4S[C@@H]3c3ccc(O)cc3)cc2)C1. The van der Waals surface area contributed by atoms with Gasteiger partial charge in [-0.15, -0.1) is 11.8 Å². The lowest BCUT2D eigenvalue weighted by atomic mass is 10.00. The summed E-state index contributed by atoms with van der Waals surface area (Å²) in [7, 11) is 0. The molecule has 0 radical (unpaired) electrons. The third kappa shape index (κ3) is 4.98. The summed E-state index contributed by atoms with van der Waals surface area (Å²) in [6.45, 7) is 7.52. The molecule has 0 spiro atoms. The van der Waals surface area contributed by atoms with E-state index in [-0.39, 0.29) is 22.9 Å². The molecule has 0 saturated carbocycles. The number of fused-ring (bicyclic) bond motifs is 1. The highest BCUT2D eigenvalue weighted by Gasteiger charge is 2.33. The number of benzene rings is 3. The van der Waals surface area contributed by atoms with Crippen LogP contribution in [-0.2, 0) is 0 Å². The summed E-state index contributed by atoms with van der Waals surface area (Å²) in [5, 5.41) is 19.7. The van der Waals surface area contributed by atoms with E-state index in [9.17, 15) is 10.2 Å². The van der Waals surface area contributed by atoms with E-state index in [4.69, 9.17) is 9.47 Å². The maximum absolute atomic E-state index is 9.95. The topological polar surface area (TPSA) is 62.2 Å². The fourth-order valence-corrected chi connectivity index (χ4v) is 6.00. The van der Waals surface area contributed by atoms with Crippen molar-refractivity contribution >= 4 is 11.8 Å². The Morgan fingerprint density at radius 2 is 1.71 bits per heavy atom. The lowest BCUT2D eigenvalue weighted by molar-refractivity contribution is 0.168. The molecule has 2 N–H and O–H groups in total. The highest BCUT2D eigenvalue weighted by atomic mass is 32.2. The fraction of sp³-hybridized carbons (Fsp3) is 0.357.